The first-order chi connectivity index (χ1) is 12.1. The van der Waals surface area contributed by atoms with Gasteiger partial charge in [0.25, 0.3) is 5.91 Å². The van der Waals surface area contributed by atoms with Crippen LogP contribution >= 0.6 is 11.3 Å². The molecule has 0 unspecified atom stereocenters. The number of piperidine rings is 2. The molecule has 1 saturated carbocycles. The van der Waals surface area contributed by atoms with Gasteiger partial charge in [0.15, 0.2) is 0 Å². The van der Waals surface area contributed by atoms with Crippen LogP contribution in [0.25, 0.3) is 0 Å². The number of carbonyl (C=O) groups is 2. The first-order valence-corrected chi connectivity index (χ1v) is 10.5. The molecule has 0 aromatic carbocycles. The summed E-state index contributed by atoms with van der Waals surface area (Å²) in [5.74, 6) is 1.44. The van der Waals surface area contributed by atoms with Crippen LogP contribution in [0.15, 0.2) is 10.9 Å². The number of thiazole rings is 1. The highest BCUT2D eigenvalue weighted by Crippen LogP contribution is 2.42. The van der Waals surface area contributed by atoms with Crippen molar-refractivity contribution in [3.8, 4) is 0 Å². The number of likely N-dealkylation sites (tertiary alicyclic amines) is 2. The Bertz CT molecular complexity index is 631. The number of hydrogen-bond acceptors (Lipinski definition) is 4. The Morgan fingerprint density at radius 3 is 2.56 bits per heavy atom. The van der Waals surface area contributed by atoms with Crippen LogP contribution < -0.4 is 0 Å². The summed E-state index contributed by atoms with van der Waals surface area (Å²) in [5.41, 5.74) is 2.50. The molecule has 2 saturated heterocycles. The van der Waals surface area contributed by atoms with Crippen molar-refractivity contribution >= 4 is 23.2 Å². The van der Waals surface area contributed by atoms with Crippen molar-refractivity contribution in [2.45, 2.75) is 45.4 Å². The van der Waals surface area contributed by atoms with Crippen molar-refractivity contribution in [1.82, 2.24) is 14.8 Å². The Labute approximate surface area is 153 Å². The molecule has 2 amide bonds. The van der Waals surface area contributed by atoms with E-state index < -0.39 is 0 Å². The third-order valence-electron chi connectivity index (χ3n) is 6.46. The summed E-state index contributed by atoms with van der Waals surface area (Å²) in [4.78, 5) is 33.5. The Morgan fingerprint density at radius 2 is 1.92 bits per heavy atom. The molecule has 2 aliphatic heterocycles. The van der Waals surface area contributed by atoms with E-state index in [-0.39, 0.29) is 17.2 Å². The highest BCUT2D eigenvalue weighted by Gasteiger charge is 2.42. The molecule has 1 spiro atoms. The minimum atomic E-state index is 0.0716. The lowest BCUT2D eigenvalue weighted by atomic mass is 9.71. The summed E-state index contributed by atoms with van der Waals surface area (Å²) in [5, 5.41) is 1.84. The molecule has 3 aliphatic rings. The van der Waals surface area contributed by atoms with Gasteiger partial charge >= 0.3 is 0 Å². The van der Waals surface area contributed by atoms with E-state index in [1.54, 1.807) is 5.51 Å². The molecule has 0 N–H and O–H groups in total. The first kappa shape index (κ1) is 17.0. The SMILES string of the molecule is CC1CC(C(=O)N2CCC3(CCCN(C(=O)c4cscn4)C3)CC2)C1. The summed E-state index contributed by atoms with van der Waals surface area (Å²) in [6, 6.07) is 0. The van der Waals surface area contributed by atoms with Gasteiger partial charge in [-0.3, -0.25) is 9.59 Å². The molecule has 25 heavy (non-hydrogen) atoms. The normalized spacial score (nSPS) is 28.7. The summed E-state index contributed by atoms with van der Waals surface area (Å²) in [6.07, 6.45) is 6.43. The monoisotopic (exact) mass is 361 g/mol. The molecule has 0 atom stereocenters. The summed E-state index contributed by atoms with van der Waals surface area (Å²) < 4.78 is 0. The number of amides is 2. The minimum Gasteiger partial charge on any atom is -0.342 e. The van der Waals surface area contributed by atoms with Gasteiger partial charge < -0.3 is 9.80 Å². The molecule has 0 bridgehead atoms. The predicted molar refractivity (Wildman–Crippen MR) is 97.4 cm³/mol. The van der Waals surface area contributed by atoms with Crippen molar-refractivity contribution < 1.29 is 9.59 Å². The Hall–Kier alpha value is -1.43. The van der Waals surface area contributed by atoms with Crippen molar-refractivity contribution in [2.75, 3.05) is 26.2 Å². The van der Waals surface area contributed by atoms with Crippen LogP contribution in [0.4, 0.5) is 0 Å². The van der Waals surface area contributed by atoms with Crippen molar-refractivity contribution in [3.05, 3.63) is 16.6 Å². The second-order valence-corrected chi connectivity index (χ2v) is 9.02. The van der Waals surface area contributed by atoms with Crippen molar-refractivity contribution in [2.24, 2.45) is 17.3 Å². The number of carbonyl (C=O) groups excluding carboxylic acids is 2. The van der Waals surface area contributed by atoms with Gasteiger partial charge in [-0.05, 0) is 49.9 Å². The van der Waals surface area contributed by atoms with Crippen LogP contribution in [-0.2, 0) is 4.79 Å². The van der Waals surface area contributed by atoms with Crippen LogP contribution in [0.2, 0.25) is 0 Å². The number of nitrogens with zero attached hydrogens (tertiary/aromatic N) is 3. The van der Waals surface area contributed by atoms with Gasteiger partial charge in [0.05, 0.1) is 5.51 Å². The average Bonchev–Trinajstić information content (AvgIpc) is 3.13. The Morgan fingerprint density at radius 1 is 1.16 bits per heavy atom. The molecule has 3 heterocycles. The van der Waals surface area contributed by atoms with E-state index in [0.29, 0.717) is 17.5 Å². The molecule has 0 radical (unpaired) electrons. The maximum Gasteiger partial charge on any atom is 0.273 e. The van der Waals surface area contributed by atoms with Gasteiger partial charge in [-0.2, -0.15) is 0 Å². The van der Waals surface area contributed by atoms with E-state index >= 15 is 0 Å². The number of rotatable bonds is 2. The zero-order chi connectivity index (χ0) is 17.4. The maximum absolute atomic E-state index is 12.6. The van der Waals surface area contributed by atoms with E-state index in [9.17, 15) is 9.59 Å². The fourth-order valence-corrected chi connectivity index (χ4v) is 5.36. The van der Waals surface area contributed by atoms with Gasteiger partial charge in [0.2, 0.25) is 5.91 Å². The van der Waals surface area contributed by atoms with Crippen LogP contribution in [0.1, 0.15) is 55.9 Å². The second-order valence-electron chi connectivity index (χ2n) is 8.30. The topological polar surface area (TPSA) is 53.5 Å². The highest BCUT2D eigenvalue weighted by atomic mass is 32.1. The van der Waals surface area contributed by atoms with Gasteiger partial charge in [0, 0.05) is 37.5 Å². The lowest BCUT2D eigenvalue weighted by Crippen LogP contribution is -2.53. The van der Waals surface area contributed by atoms with Gasteiger partial charge in [-0.25, -0.2) is 4.98 Å². The van der Waals surface area contributed by atoms with E-state index in [4.69, 9.17) is 0 Å². The van der Waals surface area contributed by atoms with E-state index in [1.165, 1.54) is 17.8 Å². The molecule has 1 aliphatic carbocycles. The molecule has 4 rings (SSSR count). The molecule has 3 fully saturated rings. The fourth-order valence-electron chi connectivity index (χ4n) is 4.83. The van der Waals surface area contributed by atoms with Crippen LogP contribution in [0.3, 0.4) is 0 Å². The maximum atomic E-state index is 12.6. The largest absolute Gasteiger partial charge is 0.342 e. The fraction of sp³-hybridized carbons (Fsp3) is 0.737. The van der Waals surface area contributed by atoms with Gasteiger partial charge in [-0.15, -0.1) is 11.3 Å². The Kier molecular flexibility index (Phi) is 4.56. The summed E-state index contributed by atoms with van der Waals surface area (Å²) in [7, 11) is 0. The lowest BCUT2D eigenvalue weighted by Gasteiger charge is -2.48. The van der Waals surface area contributed by atoms with Crippen LogP contribution in [0, 0.1) is 17.3 Å². The standard InChI is InChI=1S/C19H27N3O2S/c1-14-9-15(10-14)17(23)21-7-4-19(5-8-21)3-2-6-22(12-19)18(24)16-11-25-13-20-16/h11,13-15H,2-10,12H2,1H3. The molecular formula is C19H27N3O2S. The predicted octanol–water partition coefficient (Wildman–Crippen LogP) is 3.03. The zero-order valence-corrected chi connectivity index (χ0v) is 15.8. The molecular weight excluding hydrogens is 334 g/mol. The Balaban J connectivity index is 1.35. The number of aromatic nitrogens is 1. The van der Waals surface area contributed by atoms with Crippen LogP contribution in [0.5, 0.6) is 0 Å². The lowest BCUT2D eigenvalue weighted by molar-refractivity contribution is -0.142. The summed E-state index contributed by atoms with van der Waals surface area (Å²) in [6.45, 7) is 5.61. The number of hydrogen-bond donors (Lipinski definition) is 0. The van der Waals surface area contributed by atoms with Crippen molar-refractivity contribution in [1.29, 1.82) is 0 Å². The van der Waals surface area contributed by atoms with Gasteiger partial charge in [-0.1, -0.05) is 6.92 Å². The van der Waals surface area contributed by atoms with E-state index in [0.717, 1.165) is 58.3 Å². The molecule has 136 valence electrons. The third-order valence-corrected chi connectivity index (χ3v) is 7.05. The quantitative estimate of drug-likeness (QED) is 0.814. The zero-order valence-electron chi connectivity index (χ0n) is 14.9. The molecule has 1 aromatic rings. The molecule has 5 nitrogen and oxygen atoms in total. The molecule has 6 heteroatoms. The van der Waals surface area contributed by atoms with E-state index in [2.05, 4.69) is 16.8 Å². The van der Waals surface area contributed by atoms with Crippen LogP contribution in [-0.4, -0.2) is 52.8 Å². The average molecular weight is 362 g/mol. The van der Waals surface area contributed by atoms with E-state index in [1.807, 2.05) is 10.3 Å². The first-order valence-electron chi connectivity index (χ1n) is 9.53. The molecule has 1 aromatic heterocycles. The smallest absolute Gasteiger partial charge is 0.273 e. The summed E-state index contributed by atoms with van der Waals surface area (Å²) >= 11 is 1.47. The minimum absolute atomic E-state index is 0.0716. The van der Waals surface area contributed by atoms with Gasteiger partial charge in [0.1, 0.15) is 5.69 Å². The third kappa shape index (κ3) is 3.33. The highest BCUT2D eigenvalue weighted by molar-refractivity contribution is 7.07. The second kappa shape index (κ2) is 6.71. The van der Waals surface area contributed by atoms with Crippen molar-refractivity contribution in [3.63, 3.8) is 0 Å².